The van der Waals surface area contributed by atoms with Crippen LogP contribution in [0.4, 0.5) is 21.9 Å². The van der Waals surface area contributed by atoms with Crippen molar-refractivity contribution in [1.82, 2.24) is 61.2 Å². The lowest BCUT2D eigenvalue weighted by molar-refractivity contribution is -0.121. The van der Waals surface area contributed by atoms with Crippen LogP contribution in [0, 0.1) is 0 Å². The predicted molar refractivity (Wildman–Crippen MR) is 450 cm³/mol. The van der Waals surface area contributed by atoms with Crippen LogP contribution in [-0.2, 0) is 44.4 Å². The van der Waals surface area contributed by atoms with E-state index >= 15 is 0 Å². The van der Waals surface area contributed by atoms with E-state index in [1.165, 1.54) is 25.4 Å². The second-order valence-corrected chi connectivity index (χ2v) is 37.3. The summed E-state index contributed by atoms with van der Waals surface area (Å²) in [6, 6.07) is 33.4. The number of hydrogen-bond donors (Lipinski definition) is 8. The molecule has 36 heteroatoms. The van der Waals surface area contributed by atoms with Crippen molar-refractivity contribution in [2.45, 2.75) is 115 Å². The predicted octanol–water partition coefficient (Wildman–Crippen LogP) is 10.00. The van der Waals surface area contributed by atoms with Crippen LogP contribution in [-0.4, -0.2) is 188 Å². The first-order valence-corrected chi connectivity index (χ1v) is 45.0. The highest BCUT2D eigenvalue weighted by molar-refractivity contribution is 9.11. The first kappa shape index (κ1) is 86.4. The van der Waals surface area contributed by atoms with E-state index in [9.17, 15) is 54.0 Å². The van der Waals surface area contributed by atoms with E-state index in [2.05, 4.69) is 79.7 Å². The van der Waals surface area contributed by atoms with Gasteiger partial charge in [-0.3, -0.25) is 36.9 Å². The summed E-state index contributed by atoms with van der Waals surface area (Å²) in [5, 5.41) is 32.3. The fraction of sp³-hybridized carbons (Fsp3) is 0.416. The third kappa shape index (κ3) is 22.1. The maximum atomic E-state index is 13.1. The minimum atomic E-state index is -3.70. The molecule has 3 saturated carbocycles. The molecule has 606 valence electrons. The van der Waals surface area contributed by atoms with Crippen LogP contribution >= 0.6 is 47.8 Å². The zero-order valence-electron chi connectivity index (χ0n) is 64.4. The highest BCUT2D eigenvalue weighted by Crippen LogP contribution is 2.50. The Bertz CT molecular complexity index is 5380. The van der Waals surface area contributed by atoms with Gasteiger partial charge in [0.05, 0.1) is 69.4 Å². The number of rotatable bonds is 31. The molecule has 3 aliphatic carbocycles. The summed E-state index contributed by atoms with van der Waals surface area (Å²) in [6.07, 6.45) is 10.3. The van der Waals surface area contributed by atoms with E-state index in [4.69, 9.17) is 31.5 Å². The maximum Gasteiger partial charge on any atom is 0.407 e. The van der Waals surface area contributed by atoms with Crippen molar-refractivity contribution in [1.29, 1.82) is 0 Å². The number of sulfonamides is 3. The average Bonchev–Trinajstić information content (AvgIpc) is 1.62. The normalized spacial score (nSPS) is 13.6. The van der Waals surface area contributed by atoms with E-state index in [1.54, 1.807) is 74.2 Å². The summed E-state index contributed by atoms with van der Waals surface area (Å²) in [6.45, 7) is 7.25. The molecular formula is C77H96Br3N17O13S3. The molecule has 30 nitrogen and oxygen atoms in total. The highest BCUT2D eigenvalue weighted by Gasteiger charge is 2.37. The molecule has 12 rings (SSSR count). The molecule has 113 heavy (non-hydrogen) atoms. The second kappa shape index (κ2) is 37.1. The number of carbonyl (C=O) groups excluding carboxylic acids is 6. The van der Waals surface area contributed by atoms with E-state index in [-0.39, 0.29) is 92.9 Å². The van der Waals surface area contributed by atoms with E-state index in [0.29, 0.717) is 117 Å². The minimum Gasteiger partial charge on any atom is -0.444 e. The quantitative estimate of drug-likeness (QED) is 0.0187. The Balaban J connectivity index is 0.000000182. The van der Waals surface area contributed by atoms with Gasteiger partial charge in [0.15, 0.2) is 0 Å². The van der Waals surface area contributed by atoms with Gasteiger partial charge in [0.25, 0.3) is 17.7 Å². The molecule has 10 N–H and O–H groups in total. The third-order valence-electron chi connectivity index (χ3n) is 18.7. The van der Waals surface area contributed by atoms with Crippen molar-refractivity contribution < 1.29 is 58.8 Å². The monoisotopic (exact) mass is 1800 g/mol. The van der Waals surface area contributed by atoms with Gasteiger partial charge < -0.3 is 48.1 Å². The molecule has 0 saturated heterocycles. The number of halogens is 3. The molecule has 6 aromatic carbocycles. The van der Waals surface area contributed by atoms with Crippen molar-refractivity contribution in [3.63, 3.8) is 0 Å². The van der Waals surface area contributed by atoms with Gasteiger partial charge >= 0.3 is 6.09 Å². The van der Waals surface area contributed by atoms with E-state index in [1.807, 2.05) is 91.0 Å². The SMILES string of the molecule is CNC(=O)c1c2cc(C3CC3)c(N(CCCN)S(C)(=O)=O)cc2nn1-c1ccc(Br)cc1.CNC(=O)c1c2cc(C3CC3)c(N(CCCNC(=O)CCN)S(C)(=O)=O)cc2nn1-c1ccc(Br)cc1.CNC(=O)c1c2cc(C3CC3)c(N(CCCNC(=O)CCNC(=O)OC(C)(C)C)S(C)(=O)=O)cc2nn1-c1ccc(Br)cc1. The Kier molecular flexibility index (Phi) is 28.3. The Labute approximate surface area is 683 Å². The summed E-state index contributed by atoms with van der Waals surface area (Å²) in [5.41, 5.74) is 19.7. The third-order valence-corrected chi connectivity index (χ3v) is 23.9. The van der Waals surface area contributed by atoms with Crippen molar-refractivity contribution in [2.75, 3.05) is 105 Å². The van der Waals surface area contributed by atoms with Crippen LogP contribution in [0.15, 0.2) is 123 Å². The number of amides is 6. The molecule has 0 aliphatic heterocycles. The molecule has 9 aromatic rings. The van der Waals surface area contributed by atoms with Gasteiger partial charge in [0, 0.05) is 109 Å². The molecule has 6 amide bonds. The summed E-state index contributed by atoms with van der Waals surface area (Å²) < 4.78 is 94.0. The van der Waals surface area contributed by atoms with Crippen LogP contribution < -0.4 is 56.3 Å². The van der Waals surface area contributed by atoms with Crippen LogP contribution in [0.3, 0.4) is 0 Å². The molecule has 3 aliphatic rings. The van der Waals surface area contributed by atoms with E-state index < -0.39 is 41.8 Å². The van der Waals surface area contributed by atoms with Gasteiger partial charge in [-0.1, -0.05) is 47.8 Å². The number of nitrogens with one attached hydrogen (secondary N) is 6. The smallest absolute Gasteiger partial charge is 0.407 e. The number of carbonyl (C=O) groups is 6. The number of hydrogen-bond acceptors (Lipinski definition) is 18. The van der Waals surface area contributed by atoms with Crippen LogP contribution in [0.25, 0.3) is 49.8 Å². The standard InChI is InChI=1S/C30H39BrN6O6S.C25H31BrN6O4S.C22H26BrN5O3S/c1-30(2,3)43-29(40)34-15-13-26(38)33-14-6-16-36(44(5,41)42)25-18-24-23(17-22(25)19-7-8-19)27(28(39)32-4)37(35-24)21-11-9-20(31)10-12-21;1-28-25(34)24-20-14-19(16-4-5-16)22(15-21(20)30-32(24)18-8-6-17(26)7-9-18)31(37(2,35)36)13-3-12-29-23(33)10-11-27;1-25-22(29)21-18-12-17(14-4-5-14)20(27(11-3-10-24)32(2,30)31)13-19(18)26-28(21)16-8-6-15(23)7-9-16/h9-12,17-19H,6-8,13-16H2,1-5H3,(H,32,39)(H,33,38)(H,34,40);6-9,14-16H,3-5,10-13,27H2,1-2H3,(H,28,34)(H,29,33);6-9,12-14H,3-5,10-11,24H2,1-2H3,(H,25,29). The average molecular weight is 1800 g/mol. The first-order chi connectivity index (χ1) is 53.5. The molecule has 0 bridgehead atoms. The lowest BCUT2D eigenvalue weighted by Crippen LogP contribution is -2.36. The van der Waals surface area contributed by atoms with Crippen molar-refractivity contribution in [3.05, 3.63) is 156 Å². The van der Waals surface area contributed by atoms with Gasteiger partial charge in [-0.25, -0.2) is 44.1 Å². The number of anilines is 3. The number of nitrogens with two attached hydrogens (primary N) is 2. The van der Waals surface area contributed by atoms with Gasteiger partial charge in [0.2, 0.25) is 41.9 Å². The Hall–Kier alpha value is -9.04. The molecule has 0 radical (unpaired) electrons. The summed E-state index contributed by atoms with van der Waals surface area (Å²) in [7, 11) is -6.11. The number of nitrogens with zero attached hydrogens (tertiary/aromatic N) is 9. The van der Waals surface area contributed by atoms with Gasteiger partial charge in [-0.2, -0.15) is 15.3 Å². The second-order valence-electron chi connectivity index (χ2n) is 28.8. The lowest BCUT2D eigenvalue weighted by Gasteiger charge is -2.25. The van der Waals surface area contributed by atoms with Crippen LogP contribution in [0.5, 0.6) is 0 Å². The number of ether oxygens (including phenoxy) is 1. The summed E-state index contributed by atoms with van der Waals surface area (Å²) in [4.78, 5) is 74.7. The lowest BCUT2D eigenvalue weighted by atomic mass is 10.0. The number of benzene rings is 6. The van der Waals surface area contributed by atoms with Gasteiger partial charge in [-0.15, -0.1) is 0 Å². The van der Waals surface area contributed by atoms with Gasteiger partial charge in [0.1, 0.15) is 22.7 Å². The molecule has 0 spiro atoms. The topological polar surface area (TPSA) is 401 Å². The fourth-order valence-corrected chi connectivity index (χ4v) is 16.7. The molecular weight excluding hydrogens is 1710 g/mol. The Morgan fingerprint density at radius 3 is 1.02 bits per heavy atom. The van der Waals surface area contributed by atoms with Crippen LogP contribution in [0.1, 0.15) is 157 Å². The zero-order valence-corrected chi connectivity index (χ0v) is 71.6. The molecule has 3 fully saturated rings. The molecule has 0 unspecified atom stereocenters. The minimum absolute atomic E-state index is 0.0617. The zero-order chi connectivity index (χ0) is 82.0. The number of fused-ring (bicyclic) bond motifs is 3. The van der Waals surface area contributed by atoms with Crippen molar-refractivity contribution in [3.8, 4) is 17.1 Å². The maximum absolute atomic E-state index is 13.1. The largest absolute Gasteiger partial charge is 0.444 e. The van der Waals surface area contributed by atoms with Crippen molar-refractivity contribution >= 4 is 163 Å². The van der Waals surface area contributed by atoms with E-state index in [0.717, 1.165) is 80.6 Å². The number of alkyl carbamates (subject to hydrolysis) is 1. The summed E-state index contributed by atoms with van der Waals surface area (Å²) in [5.74, 6) is -0.625. The van der Waals surface area contributed by atoms with Gasteiger partial charge in [-0.05, 0) is 229 Å². The Morgan fingerprint density at radius 1 is 0.451 bits per heavy atom. The molecule has 0 atom stereocenters. The van der Waals surface area contributed by atoms with Crippen molar-refractivity contribution in [2.24, 2.45) is 11.5 Å². The fourth-order valence-electron chi connectivity index (χ4n) is 13.0. The number of aromatic nitrogens is 6. The molecule has 3 heterocycles. The van der Waals surface area contributed by atoms with Crippen LogP contribution in [0.2, 0.25) is 0 Å². The molecule has 3 aromatic heterocycles. The summed E-state index contributed by atoms with van der Waals surface area (Å²) >= 11 is 10.3. The highest BCUT2D eigenvalue weighted by atomic mass is 79.9. The first-order valence-electron chi connectivity index (χ1n) is 37.0. The Morgan fingerprint density at radius 2 is 0.752 bits per heavy atom.